The summed E-state index contributed by atoms with van der Waals surface area (Å²) in [6.07, 6.45) is 0.226. The zero-order valence-electron chi connectivity index (χ0n) is 8.95. The number of carbonyl (C=O) groups is 1. The molecule has 0 bridgehead atoms. The van der Waals surface area contributed by atoms with Gasteiger partial charge in [-0.05, 0) is 18.6 Å². The maximum Gasteiger partial charge on any atom is 0.308 e. The highest BCUT2D eigenvalue weighted by Crippen LogP contribution is 2.25. The number of nitrogens with two attached hydrogens (primary N) is 1. The summed E-state index contributed by atoms with van der Waals surface area (Å²) in [7, 11) is 1.35. The zero-order valence-corrected chi connectivity index (χ0v) is 8.95. The van der Waals surface area contributed by atoms with Crippen LogP contribution in [-0.2, 0) is 9.53 Å². The summed E-state index contributed by atoms with van der Waals surface area (Å²) in [5, 5.41) is 0. The van der Waals surface area contributed by atoms with E-state index in [0.717, 1.165) is 5.56 Å². The Morgan fingerprint density at radius 1 is 1.47 bits per heavy atom. The quantitative estimate of drug-likeness (QED) is 0.603. The lowest BCUT2D eigenvalue weighted by molar-refractivity contribution is -0.141. The van der Waals surface area contributed by atoms with Crippen LogP contribution < -0.4 is 10.5 Å². The van der Waals surface area contributed by atoms with Gasteiger partial charge in [-0.1, -0.05) is 12.1 Å². The molecule has 1 aromatic carbocycles. The second kappa shape index (κ2) is 5.24. The number of hydrogen-bond acceptors (Lipinski definition) is 4. The number of esters is 1. The molecule has 0 amide bonds. The average Bonchev–Trinajstić information content (AvgIpc) is 2.22. The minimum atomic E-state index is -0.290. The first-order chi connectivity index (χ1) is 7.15. The van der Waals surface area contributed by atoms with Crippen molar-refractivity contribution in [2.75, 3.05) is 19.5 Å². The molecule has 0 aromatic heterocycles. The van der Waals surface area contributed by atoms with Crippen molar-refractivity contribution >= 4 is 11.7 Å². The number of rotatable bonds is 4. The molecule has 82 valence electrons. The zero-order chi connectivity index (χ0) is 11.3. The fraction of sp³-hybridized carbons (Fsp3) is 0.364. The molecule has 0 heterocycles. The van der Waals surface area contributed by atoms with E-state index in [-0.39, 0.29) is 19.0 Å². The Morgan fingerprint density at radius 3 is 2.80 bits per heavy atom. The monoisotopic (exact) mass is 209 g/mol. The number of para-hydroxylation sites is 1. The van der Waals surface area contributed by atoms with Crippen LogP contribution in [0.25, 0.3) is 0 Å². The van der Waals surface area contributed by atoms with Gasteiger partial charge in [-0.2, -0.15) is 0 Å². The molecule has 0 atom stereocenters. The van der Waals surface area contributed by atoms with Crippen LogP contribution >= 0.6 is 0 Å². The van der Waals surface area contributed by atoms with Gasteiger partial charge in [0.15, 0.2) is 0 Å². The molecule has 1 aromatic rings. The molecule has 0 saturated carbocycles. The number of methoxy groups -OCH3 is 1. The van der Waals surface area contributed by atoms with E-state index in [0.29, 0.717) is 11.4 Å². The first-order valence-electron chi connectivity index (χ1n) is 4.70. The summed E-state index contributed by atoms with van der Waals surface area (Å²) in [4.78, 5) is 10.8. The number of benzene rings is 1. The maximum absolute atomic E-state index is 10.8. The first-order valence-corrected chi connectivity index (χ1v) is 4.70. The molecule has 15 heavy (non-hydrogen) atoms. The van der Waals surface area contributed by atoms with Gasteiger partial charge in [-0.3, -0.25) is 4.79 Å². The van der Waals surface area contributed by atoms with E-state index in [1.54, 1.807) is 6.07 Å². The summed E-state index contributed by atoms with van der Waals surface area (Å²) in [5.41, 5.74) is 7.27. The van der Waals surface area contributed by atoms with Crippen LogP contribution in [0.5, 0.6) is 5.75 Å². The van der Waals surface area contributed by atoms with Crippen LogP contribution in [0.2, 0.25) is 0 Å². The second-order valence-electron chi connectivity index (χ2n) is 3.17. The molecule has 0 aliphatic rings. The molecule has 2 N–H and O–H groups in total. The number of ether oxygens (including phenoxy) is 2. The van der Waals surface area contributed by atoms with E-state index in [2.05, 4.69) is 4.74 Å². The summed E-state index contributed by atoms with van der Waals surface area (Å²) < 4.78 is 9.91. The Balaban J connectivity index is 2.54. The Hall–Kier alpha value is -1.71. The van der Waals surface area contributed by atoms with E-state index >= 15 is 0 Å². The third-order valence-electron chi connectivity index (χ3n) is 2.02. The SMILES string of the molecule is COC(=O)CCOc1c(C)cccc1N. The van der Waals surface area contributed by atoms with Gasteiger partial charge in [-0.15, -0.1) is 0 Å². The fourth-order valence-electron chi connectivity index (χ4n) is 1.21. The molecule has 0 spiro atoms. The van der Waals surface area contributed by atoms with Crippen LogP contribution in [0.4, 0.5) is 5.69 Å². The standard InChI is InChI=1S/C11H15NO3/c1-8-4-3-5-9(12)11(8)15-7-6-10(13)14-2/h3-5H,6-7,12H2,1-2H3. The molecular weight excluding hydrogens is 194 g/mol. The van der Waals surface area contributed by atoms with Gasteiger partial charge < -0.3 is 15.2 Å². The molecular formula is C11H15NO3. The normalized spacial score (nSPS) is 9.73. The summed E-state index contributed by atoms with van der Waals surface area (Å²) in [6, 6.07) is 5.53. The van der Waals surface area contributed by atoms with E-state index in [9.17, 15) is 4.79 Å². The van der Waals surface area contributed by atoms with Gasteiger partial charge in [-0.25, -0.2) is 0 Å². The number of nitrogen functional groups attached to an aromatic ring is 1. The van der Waals surface area contributed by atoms with Gasteiger partial charge in [0.2, 0.25) is 0 Å². The fourth-order valence-corrected chi connectivity index (χ4v) is 1.21. The molecule has 0 unspecified atom stereocenters. The molecule has 0 radical (unpaired) electrons. The van der Waals surface area contributed by atoms with Gasteiger partial charge in [0.1, 0.15) is 5.75 Å². The van der Waals surface area contributed by atoms with Crippen LogP contribution in [-0.4, -0.2) is 19.7 Å². The third kappa shape index (κ3) is 3.16. The first kappa shape index (κ1) is 11.4. The van der Waals surface area contributed by atoms with Crippen molar-refractivity contribution < 1.29 is 14.3 Å². The van der Waals surface area contributed by atoms with E-state index < -0.39 is 0 Å². The largest absolute Gasteiger partial charge is 0.491 e. The van der Waals surface area contributed by atoms with Crippen molar-refractivity contribution in [1.29, 1.82) is 0 Å². The number of anilines is 1. The van der Waals surface area contributed by atoms with Gasteiger partial charge >= 0.3 is 5.97 Å². The van der Waals surface area contributed by atoms with Crippen molar-refractivity contribution in [2.45, 2.75) is 13.3 Å². The molecule has 0 saturated heterocycles. The molecule has 4 heteroatoms. The van der Waals surface area contributed by atoms with Crippen LogP contribution in [0.1, 0.15) is 12.0 Å². The summed E-state index contributed by atoms with van der Waals surface area (Å²) >= 11 is 0. The minimum absolute atomic E-state index is 0.226. The lowest BCUT2D eigenvalue weighted by Gasteiger charge is -2.10. The maximum atomic E-state index is 10.8. The molecule has 0 aliphatic carbocycles. The van der Waals surface area contributed by atoms with Crippen LogP contribution in [0.3, 0.4) is 0 Å². The van der Waals surface area contributed by atoms with Crippen molar-refractivity contribution in [1.82, 2.24) is 0 Å². The van der Waals surface area contributed by atoms with Crippen molar-refractivity contribution in [3.8, 4) is 5.75 Å². The third-order valence-corrected chi connectivity index (χ3v) is 2.02. The van der Waals surface area contributed by atoms with Gasteiger partial charge in [0.25, 0.3) is 0 Å². The molecule has 0 fully saturated rings. The molecule has 0 aliphatic heterocycles. The highest BCUT2D eigenvalue weighted by Gasteiger charge is 2.05. The lowest BCUT2D eigenvalue weighted by atomic mass is 10.2. The topological polar surface area (TPSA) is 61.5 Å². The second-order valence-corrected chi connectivity index (χ2v) is 3.17. The number of carbonyl (C=O) groups excluding carboxylic acids is 1. The number of aryl methyl sites for hydroxylation is 1. The van der Waals surface area contributed by atoms with E-state index in [1.807, 2.05) is 19.1 Å². The van der Waals surface area contributed by atoms with Crippen molar-refractivity contribution in [3.63, 3.8) is 0 Å². The van der Waals surface area contributed by atoms with Crippen LogP contribution in [0, 0.1) is 6.92 Å². The number of hydrogen-bond donors (Lipinski definition) is 1. The highest BCUT2D eigenvalue weighted by molar-refractivity contribution is 5.69. The molecule has 1 rings (SSSR count). The Morgan fingerprint density at radius 2 is 2.20 bits per heavy atom. The minimum Gasteiger partial charge on any atom is -0.491 e. The average molecular weight is 209 g/mol. The predicted octanol–water partition coefficient (Wildman–Crippen LogP) is 1.52. The predicted molar refractivity (Wildman–Crippen MR) is 57.7 cm³/mol. The lowest BCUT2D eigenvalue weighted by Crippen LogP contribution is -2.09. The Kier molecular flexibility index (Phi) is 3.97. The Bertz CT molecular complexity index is 329. The smallest absolute Gasteiger partial charge is 0.308 e. The van der Waals surface area contributed by atoms with Crippen molar-refractivity contribution in [2.24, 2.45) is 0 Å². The van der Waals surface area contributed by atoms with Gasteiger partial charge in [0.05, 0.1) is 25.8 Å². The van der Waals surface area contributed by atoms with E-state index in [4.69, 9.17) is 10.5 Å². The van der Waals surface area contributed by atoms with Crippen LogP contribution in [0.15, 0.2) is 18.2 Å². The summed E-state index contributed by atoms with van der Waals surface area (Å²) in [6.45, 7) is 2.19. The van der Waals surface area contributed by atoms with Crippen molar-refractivity contribution in [3.05, 3.63) is 23.8 Å². The van der Waals surface area contributed by atoms with Gasteiger partial charge in [0, 0.05) is 0 Å². The highest BCUT2D eigenvalue weighted by atomic mass is 16.5. The molecule has 4 nitrogen and oxygen atoms in total. The van der Waals surface area contributed by atoms with E-state index in [1.165, 1.54) is 7.11 Å². The summed E-state index contributed by atoms with van der Waals surface area (Å²) in [5.74, 6) is 0.351. The Labute approximate surface area is 89.0 Å².